The highest BCUT2D eigenvalue weighted by Gasteiger charge is 2.31. The van der Waals surface area contributed by atoms with E-state index in [-0.39, 0.29) is 18.9 Å². The van der Waals surface area contributed by atoms with Crippen LogP contribution >= 0.6 is 0 Å². The van der Waals surface area contributed by atoms with Gasteiger partial charge in [-0.2, -0.15) is 13.2 Å². The Balaban J connectivity index is 2.38. The van der Waals surface area contributed by atoms with Crippen LogP contribution in [-0.2, 0) is 4.79 Å². The van der Waals surface area contributed by atoms with Gasteiger partial charge >= 0.3 is 6.18 Å². The summed E-state index contributed by atoms with van der Waals surface area (Å²) in [6.07, 6.45) is -2.30. The Labute approximate surface area is 99.1 Å². The van der Waals surface area contributed by atoms with Crippen LogP contribution in [0.3, 0.4) is 0 Å². The molecule has 100 valence electrons. The highest BCUT2D eigenvalue weighted by Crippen LogP contribution is 2.30. The third-order valence-electron chi connectivity index (χ3n) is 2.79. The van der Waals surface area contributed by atoms with Crippen molar-refractivity contribution in [1.29, 1.82) is 0 Å². The number of carbonyl (C=O) groups excluding carboxylic acids is 1. The van der Waals surface area contributed by atoms with E-state index in [0.717, 1.165) is 12.8 Å². The summed E-state index contributed by atoms with van der Waals surface area (Å²) in [5.74, 6) is 0.205. The van der Waals surface area contributed by atoms with Crippen LogP contribution in [0.15, 0.2) is 0 Å². The molecule has 0 saturated heterocycles. The van der Waals surface area contributed by atoms with Gasteiger partial charge in [0.05, 0.1) is 6.42 Å². The Morgan fingerprint density at radius 1 is 1.35 bits per heavy atom. The molecule has 0 aromatic heterocycles. The lowest BCUT2D eigenvalue weighted by atomic mass is 10.2. The van der Waals surface area contributed by atoms with Gasteiger partial charge in [-0.15, -0.1) is 0 Å². The van der Waals surface area contributed by atoms with Crippen LogP contribution in [0, 0.1) is 5.92 Å². The van der Waals surface area contributed by atoms with Crippen LogP contribution in [-0.4, -0.2) is 36.6 Å². The van der Waals surface area contributed by atoms with Gasteiger partial charge in [-0.05, 0) is 31.7 Å². The van der Waals surface area contributed by atoms with Gasteiger partial charge in [0.2, 0.25) is 5.91 Å². The Morgan fingerprint density at radius 2 is 2.00 bits per heavy atom. The number of nitrogens with two attached hydrogens (primary N) is 1. The molecule has 0 atom stereocenters. The van der Waals surface area contributed by atoms with Crippen molar-refractivity contribution in [2.24, 2.45) is 11.7 Å². The predicted octanol–water partition coefficient (Wildman–Crippen LogP) is 1.92. The maximum atomic E-state index is 12.1. The van der Waals surface area contributed by atoms with Crippen molar-refractivity contribution in [2.75, 3.05) is 19.6 Å². The Morgan fingerprint density at radius 3 is 2.47 bits per heavy atom. The second-order valence-electron chi connectivity index (χ2n) is 4.54. The van der Waals surface area contributed by atoms with E-state index in [4.69, 9.17) is 5.73 Å². The smallest absolute Gasteiger partial charge is 0.342 e. The monoisotopic (exact) mass is 252 g/mol. The van der Waals surface area contributed by atoms with Crippen LogP contribution in [0.4, 0.5) is 13.2 Å². The third kappa shape index (κ3) is 6.51. The number of alkyl halides is 3. The lowest BCUT2D eigenvalue weighted by molar-refractivity contribution is -0.145. The minimum atomic E-state index is -4.20. The fourth-order valence-electron chi connectivity index (χ4n) is 1.60. The summed E-state index contributed by atoms with van der Waals surface area (Å²) >= 11 is 0. The molecule has 0 radical (unpaired) electrons. The van der Waals surface area contributed by atoms with E-state index in [1.807, 2.05) is 0 Å². The quantitative estimate of drug-likeness (QED) is 0.752. The SMILES string of the molecule is NCCCC(=O)N(CCC(F)(F)F)CC1CC1. The molecule has 0 aromatic rings. The maximum Gasteiger partial charge on any atom is 0.390 e. The summed E-state index contributed by atoms with van der Waals surface area (Å²) in [7, 11) is 0. The normalized spacial score (nSPS) is 16.0. The highest BCUT2D eigenvalue weighted by molar-refractivity contribution is 5.76. The Bertz CT molecular complexity index is 252. The molecule has 17 heavy (non-hydrogen) atoms. The summed E-state index contributed by atoms with van der Waals surface area (Å²) in [5.41, 5.74) is 5.28. The summed E-state index contributed by atoms with van der Waals surface area (Å²) < 4.78 is 36.4. The molecule has 3 nitrogen and oxygen atoms in total. The molecule has 0 unspecified atom stereocenters. The van der Waals surface area contributed by atoms with Crippen molar-refractivity contribution in [2.45, 2.75) is 38.3 Å². The number of hydrogen-bond donors (Lipinski definition) is 1. The molecule has 0 heterocycles. The average molecular weight is 252 g/mol. The number of rotatable bonds is 7. The lowest BCUT2D eigenvalue weighted by Crippen LogP contribution is -2.35. The van der Waals surface area contributed by atoms with E-state index in [1.165, 1.54) is 4.90 Å². The molecule has 1 aliphatic carbocycles. The van der Waals surface area contributed by atoms with Crippen molar-refractivity contribution in [3.63, 3.8) is 0 Å². The molecule has 1 fully saturated rings. The predicted molar refractivity (Wildman–Crippen MR) is 58.3 cm³/mol. The van der Waals surface area contributed by atoms with Gasteiger partial charge in [0.15, 0.2) is 0 Å². The molecular formula is C11H19F3N2O. The molecule has 0 spiro atoms. The zero-order valence-corrected chi connectivity index (χ0v) is 9.80. The van der Waals surface area contributed by atoms with E-state index in [9.17, 15) is 18.0 Å². The van der Waals surface area contributed by atoms with Crippen LogP contribution < -0.4 is 5.73 Å². The fourth-order valence-corrected chi connectivity index (χ4v) is 1.60. The number of hydrogen-bond acceptors (Lipinski definition) is 2. The van der Waals surface area contributed by atoms with Gasteiger partial charge < -0.3 is 10.6 Å². The minimum absolute atomic E-state index is 0.202. The van der Waals surface area contributed by atoms with E-state index in [2.05, 4.69) is 0 Å². The Hall–Kier alpha value is -0.780. The zero-order valence-electron chi connectivity index (χ0n) is 9.80. The van der Waals surface area contributed by atoms with E-state index in [0.29, 0.717) is 25.4 Å². The van der Waals surface area contributed by atoms with E-state index < -0.39 is 12.6 Å². The molecule has 0 bridgehead atoms. The van der Waals surface area contributed by atoms with Crippen LogP contribution in [0.25, 0.3) is 0 Å². The second-order valence-corrected chi connectivity index (χ2v) is 4.54. The molecule has 0 aromatic carbocycles. The van der Waals surface area contributed by atoms with Gasteiger partial charge in [0, 0.05) is 19.5 Å². The number of halogens is 3. The summed E-state index contributed by atoms with van der Waals surface area (Å²) in [5, 5.41) is 0. The standard InChI is InChI=1S/C11H19F3N2O/c12-11(13,14)5-7-16(8-9-3-4-9)10(17)2-1-6-15/h9H,1-8,15H2. The molecular weight excluding hydrogens is 233 g/mol. The van der Waals surface area contributed by atoms with E-state index >= 15 is 0 Å². The summed E-state index contributed by atoms with van der Waals surface area (Å²) in [6, 6.07) is 0. The molecule has 1 rings (SSSR count). The number of nitrogens with zero attached hydrogens (tertiary/aromatic N) is 1. The van der Waals surface area contributed by atoms with E-state index in [1.54, 1.807) is 0 Å². The zero-order chi connectivity index (χ0) is 12.9. The molecule has 1 saturated carbocycles. The topological polar surface area (TPSA) is 46.3 Å². The van der Waals surface area contributed by atoms with Crippen molar-refractivity contribution >= 4 is 5.91 Å². The first-order chi connectivity index (χ1) is 7.92. The average Bonchev–Trinajstić information content (AvgIpc) is 3.03. The first-order valence-electron chi connectivity index (χ1n) is 5.97. The first-order valence-corrected chi connectivity index (χ1v) is 5.97. The van der Waals surface area contributed by atoms with Gasteiger partial charge in [0.1, 0.15) is 0 Å². The van der Waals surface area contributed by atoms with Gasteiger partial charge in [-0.3, -0.25) is 4.79 Å². The van der Waals surface area contributed by atoms with Crippen LogP contribution in [0.1, 0.15) is 32.1 Å². The molecule has 0 aliphatic heterocycles. The fraction of sp³-hybridized carbons (Fsp3) is 0.909. The molecule has 1 aliphatic rings. The number of carbonyl (C=O) groups is 1. The Kier molecular flexibility index (Phi) is 5.24. The van der Waals surface area contributed by atoms with Gasteiger partial charge in [-0.1, -0.05) is 0 Å². The van der Waals surface area contributed by atoms with Crippen molar-refractivity contribution < 1.29 is 18.0 Å². The van der Waals surface area contributed by atoms with Crippen LogP contribution in [0.5, 0.6) is 0 Å². The van der Waals surface area contributed by atoms with Crippen molar-refractivity contribution in [1.82, 2.24) is 4.90 Å². The molecule has 2 N–H and O–H groups in total. The minimum Gasteiger partial charge on any atom is -0.342 e. The summed E-state index contributed by atoms with van der Waals surface area (Å²) in [4.78, 5) is 13.0. The first kappa shape index (κ1) is 14.3. The lowest BCUT2D eigenvalue weighted by Gasteiger charge is -2.23. The van der Waals surface area contributed by atoms with Crippen molar-refractivity contribution in [3.05, 3.63) is 0 Å². The van der Waals surface area contributed by atoms with Gasteiger partial charge in [-0.25, -0.2) is 0 Å². The second kappa shape index (κ2) is 6.23. The largest absolute Gasteiger partial charge is 0.390 e. The van der Waals surface area contributed by atoms with Crippen molar-refractivity contribution in [3.8, 4) is 0 Å². The molecule has 6 heteroatoms. The third-order valence-corrected chi connectivity index (χ3v) is 2.79. The molecule has 1 amide bonds. The van der Waals surface area contributed by atoms with Gasteiger partial charge in [0.25, 0.3) is 0 Å². The summed E-state index contributed by atoms with van der Waals surface area (Å²) in [6.45, 7) is 0.644. The van der Waals surface area contributed by atoms with Crippen LogP contribution in [0.2, 0.25) is 0 Å². The highest BCUT2D eigenvalue weighted by atomic mass is 19.4. The maximum absolute atomic E-state index is 12.1. The number of amides is 1.